The fourth-order valence-corrected chi connectivity index (χ4v) is 2.05. The maximum atomic E-state index is 11.9. The largest absolute Gasteiger partial charge is 0.419 e. The molecule has 0 radical (unpaired) electrons. The summed E-state index contributed by atoms with van der Waals surface area (Å²) in [6.45, 7) is 3.43. The quantitative estimate of drug-likeness (QED) is 0.529. The molecule has 1 aromatic carbocycles. The van der Waals surface area contributed by atoms with E-state index in [9.17, 15) is 19.7 Å². The number of carbonyl (C=O) groups excluding carboxylic acids is 1. The molecule has 2 aromatic rings. The number of rotatable bonds is 4. The van der Waals surface area contributed by atoms with Crippen LogP contribution in [0.25, 0.3) is 0 Å². The maximum absolute atomic E-state index is 11.9. The predicted octanol–water partition coefficient (Wildman–Crippen LogP) is 2.05. The molecule has 0 aliphatic rings. The number of H-pyrrole nitrogens is 1. The Balaban J connectivity index is 2.25. The van der Waals surface area contributed by atoms with E-state index in [1.165, 1.54) is 6.07 Å². The van der Waals surface area contributed by atoms with Gasteiger partial charge in [-0.1, -0.05) is 29.8 Å². The van der Waals surface area contributed by atoms with Crippen molar-refractivity contribution in [2.75, 3.05) is 0 Å². The van der Waals surface area contributed by atoms with Gasteiger partial charge in [-0.15, -0.1) is 0 Å². The molecule has 0 spiro atoms. The minimum absolute atomic E-state index is 0.0370. The Labute approximate surface area is 125 Å². The fourth-order valence-electron chi connectivity index (χ4n) is 2.05. The van der Waals surface area contributed by atoms with Crippen molar-refractivity contribution in [3.05, 3.63) is 67.6 Å². The summed E-state index contributed by atoms with van der Waals surface area (Å²) in [6, 6.07) is 8.52. The van der Waals surface area contributed by atoms with Gasteiger partial charge in [-0.2, -0.15) is 0 Å². The first-order valence-electron chi connectivity index (χ1n) is 6.51. The average Bonchev–Trinajstić information content (AvgIpc) is 2.36. The number of pyridine rings is 1. The number of esters is 1. The monoisotopic (exact) mass is 302 g/mol. The molecule has 0 aliphatic carbocycles. The van der Waals surface area contributed by atoms with Gasteiger partial charge in [0, 0.05) is 11.8 Å². The lowest BCUT2D eigenvalue weighted by atomic mass is 10.1. The number of hydrogen-bond acceptors (Lipinski definition) is 5. The third-order valence-electron chi connectivity index (χ3n) is 2.94. The average molecular weight is 302 g/mol. The third kappa shape index (κ3) is 3.57. The van der Waals surface area contributed by atoms with Gasteiger partial charge >= 0.3 is 17.2 Å². The summed E-state index contributed by atoms with van der Waals surface area (Å²) in [5.74, 6) is -1.01. The zero-order chi connectivity index (χ0) is 16.3. The van der Waals surface area contributed by atoms with Crippen molar-refractivity contribution in [3.8, 4) is 5.75 Å². The molecular weight excluding hydrogens is 288 g/mol. The fraction of sp³-hybridized carbons (Fsp3) is 0.200. The van der Waals surface area contributed by atoms with E-state index in [2.05, 4.69) is 4.98 Å². The van der Waals surface area contributed by atoms with E-state index in [1.54, 1.807) is 19.1 Å². The first-order valence-corrected chi connectivity index (χ1v) is 6.51. The van der Waals surface area contributed by atoms with Crippen LogP contribution in [0.5, 0.6) is 5.75 Å². The molecule has 0 saturated carbocycles. The summed E-state index contributed by atoms with van der Waals surface area (Å²) >= 11 is 0. The van der Waals surface area contributed by atoms with Crippen LogP contribution in [-0.2, 0) is 11.2 Å². The molecule has 22 heavy (non-hydrogen) atoms. The number of aryl methyl sites for hydroxylation is 2. The molecule has 1 N–H and O–H groups in total. The Morgan fingerprint density at radius 3 is 2.68 bits per heavy atom. The second kappa shape index (κ2) is 6.21. The van der Waals surface area contributed by atoms with Crippen LogP contribution in [0.3, 0.4) is 0 Å². The van der Waals surface area contributed by atoms with Crippen LogP contribution in [-0.4, -0.2) is 15.9 Å². The minimum atomic E-state index is -0.900. The lowest BCUT2D eigenvalue weighted by molar-refractivity contribution is -0.387. The maximum Gasteiger partial charge on any atom is 0.376 e. The number of hydrogen-bond donors (Lipinski definition) is 1. The Morgan fingerprint density at radius 2 is 2.05 bits per heavy atom. The molecule has 7 heteroatoms. The first kappa shape index (κ1) is 15.4. The molecule has 2 rings (SSSR count). The van der Waals surface area contributed by atoms with Gasteiger partial charge in [-0.3, -0.25) is 19.7 Å². The molecule has 0 aliphatic heterocycles. The van der Waals surface area contributed by atoms with Crippen molar-refractivity contribution in [1.29, 1.82) is 0 Å². The van der Waals surface area contributed by atoms with Gasteiger partial charge in [-0.25, -0.2) is 0 Å². The number of aromatic amines is 1. The van der Waals surface area contributed by atoms with Gasteiger partial charge in [0.2, 0.25) is 5.75 Å². The molecule has 114 valence electrons. The molecule has 1 aromatic heterocycles. The van der Waals surface area contributed by atoms with E-state index in [1.807, 2.05) is 19.1 Å². The summed E-state index contributed by atoms with van der Waals surface area (Å²) < 4.78 is 5.01. The van der Waals surface area contributed by atoms with Crippen molar-refractivity contribution in [3.63, 3.8) is 0 Å². The highest BCUT2D eigenvalue weighted by Gasteiger charge is 2.23. The molecule has 0 amide bonds. The SMILES string of the molecule is Cc1cccc(CC(=O)Oc2cc(C)[nH]c(=O)c2[N+](=O)[O-])c1. The number of ether oxygens (including phenoxy) is 1. The standard InChI is InChI=1S/C15H14N2O5/c1-9-4-3-5-11(6-9)8-13(18)22-12-7-10(2)16-15(19)14(12)17(20)21/h3-7H,8H2,1-2H3,(H,16,19). The van der Waals surface area contributed by atoms with Crippen LogP contribution in [0.15, 0.2) is 35.1 Å². The van der Waals surface area contributed by atoms with E-state index in [0.717, 1.165) is 11.1 Å². The summed E-state index contributed by atoms with van der Waals surface area (Å²) in [5, 5.41) is 10.9. The Morgan fingerprint density at radius 1 is 1.32 bits per heavy atom. The zero-order valence-corrected chi connectivity index (χ0v) is 12.1. The van der Waals surface area contributed by atoms with Gasteiger partial charge < -0.3 is 9.72 Å². The van der Waals surface area contributed by atoms with Crippen LogP contribution in [0, 0.1) is 24.0 Å². The van der Waals surface area contributed by atoms with Crippen LogP contribution < -0.4 is 10.3 Å². The molecule has 7 nitrogen and oxygen atoms in total. The minimum Gasteiger partial charge on any atom is -0.419 e. The van der Waals surface area contributed by atoms with E-state index < -0.39 is 22.1 Å². The highest BCUT2D eigenvalue weighted by Crippen LogP contribution is 2.23. The summed E-state index contributed by atoms with van der Waals surface area (Å²) in [6.07, 6.45) is -0.0370. The van der Waals surface area contributed by atoms with Crippen molar-refractivity contribution < 1.29 is 14.5 Å². The van der Waals surface area contributed by atoms with Crippen LogP contribution in [0.4, 0.5) is 5.69 Å². The van der Waals surface area contributed by atoms with Crippen LogP contribution in [0.1, 0.15) is 16.8 Å². The van der Waals surface area contributed by atoms with Gasteiger partial charge in [0.25, 0.3) is 0 Å². The van der Waals surface area contributed by atoms with Gasteiger partial charge in [0.05, 0.1) is 11.3 Å². The topological polar surface area (TPSA) is 102 Å². The predicted molar refractivity (Wildman–Crippen MR) is 79.0 cm³/mol. The third-order valence-corrected chi connectivity index (χ3v) is 2.94. The molecule has 1 heterocycles. The molecule has 0 atom stereocenters. The summed E-state index contributed by atoms with van der Waals surface area (Å²) in [5.41, 5.74) is 0.415. The van der Waals surface area contributed by atoms with Gasteiger partial charge in [0.15, 0.2) is 0 Å². The second-order valence-corrected chi connectivity index (χ2v) is 4.89. The summed E-state index contributed by atoms with van der Waals surface area (Å²) in [7, 11) is 0. The molecule has 0 unspecified atom stereocenters. The Bertz CT molecular complexity index is 795. The van der Waals surface area contributed by atoms with Crippen molar-refractivity contribution >= 4 is 11.7 Å². The smallest absolute Gasteiger partial charge is 0.376 e. The highest BCUT2D eigenvalue weighted by atomic mass is 16.6. The Kier molecular flexibility index (Phi) is 4.36. The van der Waals surface area contributed by atoms with E-state index >= 15 is 0 Å². The van der Waals surface area contributed by atoms with Gasteiger partial charge in [0.1, 0.15) is 0 Å². The molecule has 0 fully saturated rings. The van der Waals surface area contributed by atoms with Crippen LogP contribution >= 0.6 is 0 Å². The van der Waals surface area contributed by atoms with Crippen LogP contribution in [0.2, 0.25) is 0 Å². The number of benzene rings is 1. The molecule has 0 saturated heterocycles. The number of aromatic nitrogens is 1. The molecular formula is C15H14N2O5. The van der Waals surface area contributed by atoms with Crippen molar-refractivity contribution in [1.82, 2.24) is 4.98 Å². The lowest BCUT2D eigenvalue weighted by Gasteiger charge is -2.06. The second-order valence-electron chi connectivity index (χ2n) is 4.89. The number of nitro groups is 1. The normalized spacial score (nSPS) is 10.3. The van der Waals surface area contributed by atoms with Gasteiger partial charge in [-0.05, 0) is 19.4 Å². The zero-order valence-electron chi connectivity index (χ0n) is 12.1. The van der Waals surface area contributed by atoms with Crippen molar-refractivity contribution in [2.24, 2.45) is 0 Å². The number of carbonyl (C=O) groups is 1. The molecule has 0 bridgehead atoms. The van der Waals surface area contributed by atoms with E-state index in [-0.39, 0.29) is 12.2 Å². The van der Waals surface area contributed by atoms with Crippen molar-refractivity contribution in [2.45, 2.75) is 20.3 Å². The number of nitrogens with one attached hydrogen (secondary N) is 1. The first-order chi connectivity index (χ1) is 10.4. The Hall–Kier alpha value is -2.96. The van der Waals surface area contributed by atoms with E-state index in [0.29, 0.717) is 5.69 Å². The van der Waals surface area contributed by atoms with E-state index in [4.69, 9.17) is 4.74 Å². The summed E-state index contributed by atoms with van der Waals surface area (Å²) in [4.78, 5) is 35.9. The highest BCUT2D eigenvalue weighted by molar-refractivity contribution is 5.76. The number of nitrogens with zero attached hydrogens (tertiary/aromatic N) is 1. The lowest BCUT2D eigenvalue weighted by Crippen LogP contribution is -2.18.